The topological polar surface area (TPSA) is 80.2 Å². The number of benzene rings is 1. The molecule has 0 bridgehead atoms. The number of amidine groups is 1. The lowest BCUT2D eigenvalue weighted by molar-refractivity contribution is -0.127. The number of carbonyl (C=O) groups is 2. The van der Waals surface area contributed by atoms with E-state index in [0.29, 0.717) is 22.4 Å². The molecule has 1 saturated heterocycles. The molecule has 1 aliphatic rings. The van der Waals surface area contributed by atoms with Crippen LogP contribution in [0.25, 0.3) is 0 Å². The molecule has 1 atom stereocenters. The summed E-state index contributed by atoms with van der Waals surface area (Å²) in [5.41, 5.74) is 0.584. The van der Waals surface area contributed by atoms with Crippen molar-refractivity contribution >= 4 is 34.4 Å². The predicted molar refractivity (Wildman–Crippen MR) is 90.3 cm³/mol. The van der Waals surface area contributed by atoms with Gasteiger partial charge in [0, 0.05) is 32.3 Å². The van der Waals surface area contributed by atoms with Gasteiger partial charge in [-0.2, -0.15) is 0 Å². The molecule has 1 N–H and O–H groups in total. The highest BCUT2D eigenvalue weighted by molar-refractivity contribution is 8.15. The van der Waals surface area contributed by atoms with Crippen molar-refractivity contribution in [1.82, 2.24) is 4.90 Å². The number of thioether (sulfide) groups is 1. The first-order valence-corrected chi connectivity index (χ1v) is 7.81. The van der Waals surface area contributed by atoms with Crippen molar-refractivity contribution in [3.63, 3.8) is 0 Å². The Kier molecular flexibility index (Phi) is 5.49. The molecule has 1 aliphatic heterocycles. The molecule has 0 radical (unpaired) electrons. The number of ether oxygens (including phenoxy) is 2. The van der Waals surface area contributed by atoms with Gasteiger partial charge < -0.3 is 14.8 Å². The van der Waals surface area contributed by atoms with Gasteiger partial charge >= 0.3 is 0 Å². The van der Waals surface area contributed by atoms with Crippen molar-refractivity contribution in [3.05, 3.63) is 18.2 Å². The number of aliphatic imine (C=N–C) groups is 1. The van der Waals surface area contributed by atoms with Crippen molar-refractivity contribution in [1.29, 1.82) is 0 Å². The number of rotatable bonds is 5. The molecule has 0 spiro atoms. The van der Waals surface area contributed by atoms with Crippen molar-refractivity contribution in [2.75, 3.05) is 33.6 Å². The molecule has 124 valence electrons. The van der Waals surface area contributed by atoms with Crippen LogP contribution >= 0.6 is 11.8 Å². The van der Waals surface area contributed by atoms with Gasteiger partial charge in [0.25, 0.3) is 0 Å². The zero-order valence-electron chi connectivity index (χ0n) is 13.5. The van der Waals surface area contributed by atoms with Crippen LogP contribution in [0.3, 0.4) is 0 Å². The minimum Gasteiger partial charge on any atom is -0.493 e. The van der Waals surface area contributed by atoms with Gasteiger partial charge in [-0.05, 0) is 12.1 Å². The lowest BCUT2D eigenvalue weighted by atomic mass is 10.2. The van der Waals surface area contributed by atoms with Crippen LogP contribution in [0.1, 0.15) is 6.42 Å². The molecule has 1 heterocycles. The predicted octanol–water partition coefficient (Wildman–Crippen LogP) is 1.59. The van der Waals surface area contributed by atoms with E-state index < -0.39 is 5.25 Å². The first-order valence-electron chi connectivity index (χ1n) is 6.93. The van der Waals surface area contributed by atoms with Crippen LogP contribution in [0.2, 0.25) is 0 Å². The number of amides is 2. The largest absolute Gasteiger partial charge is 0.493 e. The highest BCUT2D eigenvalue weighted by atomic mass is 32.2. The van der Waals surface area contributed by atoms with Crippen LogP contribution < -0.4 is 14.8 Å². The summed E-state index contributed by atoms with van der Waals surface area (Å²) >= 11 is 1.30. The third kappa shape index (κ3) is 3.76. The van der Waals surface area contributed by atoms with Crippen LogP contribution in [-0.2, 0) is 9.59 Å². The first-order chi connectivity index (χ1) is 11.0. The standard InChI is InChI=1S/C15H19N3O4S/c1-16-15-18(2)14(20)12(23-15)8-13(19)17-9-5-6-10(21-3)11(7-9)22-4/h5-7,12H,8H2,1-4H3,(H,17,19)/t12-/m0/s1. The van der Waals surface area contributed by atoms with Gasteiger partial charge in [-0.3, -0.25) is 19.5 Å². The Labute approximate surface area is 139 Å². The summed E-state index contributed by atoms with van der Waals surface area (Å²) in [7, 11) is 6.35. The maximum atomic E-state index is 12.2. The highest BCUT2D eigenvalue weighted by Gasteiger charge is 2.36. The van der Waals surface area contributed by atoms with Crippen molar-refractivity contribution < 1.29 is 19.1 Å². The fraction of sp³-hybridized carbons (Fsp3) is 0.400. The normalized spacial score (nSPS) is 19.1. The Morgan fingerprint density at radius 2 is 2.04 bits per heavy atom. The van der Waals surface area contributed by atoms with Gasteiger partial charge in [0.1, 0.15) is 5.25 Å². The third-order valence-corrected chi connectivity index (χ3v) is 4.69. The van der Waals surface area contributed by atoms with E-state index in [1.165, 1.54) is 23.8 Å². The molecule has 7 nitrogen and oxygen atoms in total. The summed E-state index contributed by atoms with van der Waals surface area (Å²) in [6.07, 6.45) is 0.0845. The number of hydrogen-bond donors (Lipinski definition) is 1. The Hall–Kier alpha value is -2.22. The average molecular weight is 337 g/mol. The van der Waals surface area contributed by atoms with Crippen LogP contribution in [0.15, 0.2) is 23.2 Å². The SMILES string of the molecule is CN=C1S[C@@H](CC(=O)Nc2ccc(OC)c(OC)c2)C(=O)N1C. The third-order valence-electron chi connectivity index (χ3n) is 3.37. The van der Waals surface area contributed by atoms with Crippen molar-refractivity contribution in [3.8, 4) is 11.5 Å². The molecule has 0 unspecified atom stereocenters. The molecule has 0 aromatic heterocycles. The molecule has 1 fully saturated rings. The molecular formula is C15H19N3O4S. The van der Waals surface area contributed by atoms with Crippen LogP contribution in [-0.4, -0.2) is 55.4 Å². The maximum absolute atomic E-state index is 12.2. The molecule has 1 aromatic carbocycles. The summed E-state index contributed by atoms with van der Waals surface area (Å²) in [4.78, 5) is 29.7. The number of nitrogens with one attached hydrogen (secondary N) is 1. The first kappa shape index (κ1) is 17.1. The van der Waals surface area contributed by atoms with E-state index in [4.69, 9.17) is 9.47 Å². The smallest absolute Gasteiger partial charge is 0.242 e. The Bertz CT molecular complexity index is 648. The molecule has 0 saturated carbocycles. The second kappa shape index (κ2) is 7.36. The summed E-state index contributed by atoms with van der Waals surface area (Å²) < 4.78 is 10.3. The number of anilines is 1. The molecule has 1 aromatic rings. The van der Waals surface area contributed by atoms with E-state index in [9.17, 15) is 9.59 Å². The van der Waals surface area contributed by atoms with Gasteiger partial charge in [0.15, 0.2) is 16.7 Å². The Morgan fingerprint density at radius 1 is 1.35 bits per heavy atom. The van der Waals surface area contributed by atoms with Crippen molar-refractivity contribution in [2.24, 2.45) is 4.99 Å². The van der Waals surface area contributed by atoms with Crippen molar-refractivity contribution in [2.45, 2.75) is 11.7 Å². The second-order valence-corrected chi connectivity index (χ2v) is 6.00. The lowest BCUT2D eigenvalue weighted by Gasteiger charge is -2.11. The molecule has 2 rings (SSSR count). The highest BCUT2D eigenvalue weighted by Crippen LogP contribution is 2.31. The van der Waals surface area contributed by atoms with E-state index in [1.807, 2.05) is 0 Å². The number of nitrogens with zero attached hydrogens (tertiary/aromatic N) is 2. The van der Waals surface area contributed by atoms with E-state index in [0.717, 1.165) is 0 Å². The Balaban J connectivity index is 2.02. The van der Waals surface area contributed by atoms with Crippen LogP contribution in [0.5, 0.6) is 11.5 Å². The van der Waals surface area contributed by atoms with Gasteiger partial charge in [-0.25, -0.2) is 0 Å². The summed E-state index contributed by atoms with van der Waals surface area (Å²) in [5.74, 6) is 0.751. The van der Waals surface area contributed by atoms with E-state index in [1.54, 1.807) is 39.4 Å². The molecule has 2 amide bonds. The second-order valence-electron chi connectivity index (χ2n) is 4.83. The number of carbonyl (C=O) groups excluding carboxylic acids is 2. The van der Waals surface area contributed by atoms with E-state index >= 15 is 0 Å². The number of hydrogen-bond acceptors (Lipinski definition) is 6. The van der Waals surface area contributed by atoms with Gasteiger partial charge in [0.2, 0.25) is 11.8 Å². The quantitative estimate of drug-likeness (QED) is 0.882. The minimum absolute atomic E-state index is 0.0845. The fourth-order valence-corrected chi connectivity index (χ4v) is 3.29. The monoisotopic (exact) mass is 337 g/mol. The average Bonchev–Trinajstić information content (AvgIpc) is 2.82. The molecule has 8 heteroatoms. The fourth-order valence-electron chi connectivity index (χ4n) is 2.19. The number of methoxy groups -OCH3 is 2. The lowest BCUT2D eigenvalue weighted by Crippen LogP contribution is -2.30. The van der Waals surface area contributed by atoms with Gasteiger partial charge in [-0.15, -0.1) is 0 Å². The zero-order chi connectivity index (χ0) is 17.0. The summed E-state index contributed by atoms with van der Waals surface area (Å²) in [6.45, 7) is 0. The Morgan fingerprint density at radius 3 is 2.61 bits per heavy atom. The summed E-state index contributed by atoms with van der Waals surface area (Å²) in [6, 6.07) is 5.10. The molecule has 0 aliphatic carbocycles. The summed E-state index contributed by atoms with van der Waals surface area (Å²) in [5, 5.41) is 2.94. The maximum Gasteiger partial charge on any atom is 0.242 e. The zero-order valence-corrected chi connectivity index (χ0v) is 14.3. The van der Waals surface area contributed by atoms with E-state index in [2.05, 4.69) is 10.3 Å². The molecular weight excluding hydrogens is 318 g/mol. The van der Waals surface area contributed by atoms with E-state index in [-0.39, 0.29) is 18.2 Å². The van der Waals surface area contributed by atoms with Crippen LogP contribution in [0.4, 0.5) is 5.69 Å². The minimum atomic E-state index is -0.446. The van der Waals surface area contributed by atoms with Crippen LogP contribution in [0, 0.1) is 0 Å². The van der Waals surface area contributed by atoms with Gasteiger partial charge in [0.05, 0.1) is 14.2 Å². The molecule has 23 heavy (non-hydrogen) atoms. The van der Waals surface area contributed by atoms with Gasteiger partial charge in [-0.1, -0.05) is 11.8 Å².